The fourth-order valence-electron chi connectivity index (χ4n) is 2.92. The van der Waals surface area contributed by atoms with Crippen LogP contribution in [0.2, 0.25) is 19.1 Å². The van der Waals surface area contributed by atoms with Gasteiger partial charge in [0, 0.05) is 0 Å². The minimum Gasteiger partial charge on any atom is -0.302 e. The molecule has 0 heterocycles. The van der Waals surface area contributed by atoms with Crippen molar-refractivity contribution in [3.8, 4) is 0 Å². The summed E-state index contributed by atoms with van der Waals surface area (Å²) in [7, 11) is -1.74. The molecule has 0 bridgehead atoms. The van der Waals surface area contributed by atoms with Crippen LogP contribution in [0.25, 0.3) is 0 Å². The lowest BCUT2D eigenvalue weighted by Crippen LogP contribution is -2.47. The van der Waals surface area contributed by atoms with Crippen LogP contribution in [0.15, 0.2) is 73.3 Å². The lowest BCUT2D eigenvalue weighted by atomic mass is 9.84. The summed E-state index contributed by atoms with van der Waals surface area (Å²) in [6.07, 6.45) is 2.88. The highest BCUT2D eigenvalue weighted by Crippen LogP contribution is 2.32. The Kier molecular flexibility index (Phi) is 4.58. The van der Waals surface area contributed by atoms with Crippen molar-refractivity contribution in [3.05, 3.63) is 78.9 Å². The predicted molar refractivity (Wildman–Crippen MR) is 92.7 cm³/mol. The molecule has 0 amide bonds. The highest BCUT2D eigenvalue weighted by atomic mass is 28.3. The van der Waals surface area contributed by atoms with Crippen molar-refractivity contribution in [1.82, 2.24) is 0 Å². The first-order chi connectivity index (χ1) is 10.0. The monoisotopic (exact) mass is 294 g/mol. The zero-order valence-corrected chi connectivity index (χ0v) is 13.8. The van der Waals surface area contributed by atoms with Gasteiger partial charge in [-0.25, -0.2) is 0 Å². The predicted octanol–water partition coefficient (Wildman–Crippen LogP) is 3.92. The number of benzene rings is 2. The minimum absolute atomic E-state index is 0.590. The van der Waals surface area contributed by atoms with Gasteiger partial charge in [0.05, 0.1) is 13.5 Å². The van der Waals surface area contributed by atoms with Crippen molar-refractivity contribution in [2.75, 3.05) is 0 Å². The third-order valence-corrected chi connectivity index (χ3v) is 7.54. The van der Waals surface area contributed by atoms with Crippen LogP contribution in [0, 0.1) is 0 Å². The number of carbonyl (C=O) groups is 1. The molecule has 0 saturated carbocycles. The van der Waals surface area contributed by atoms with E-state index in [-0.39, 0.29) is 0 Å². The number of hydrogen-bond donors (Lipinski definition) is 0. The van der Waals surface area contributed by atoms with E-state index in [4.69, 9.17) is 0 Å². The van der Waals surface area contributed by atoms with Gasteiger partial charge in [0.15, 0.2) is 0 Å². The maximum absolute atomic E-state index is 11.9. The normalized spacial score (nSPS) is 14.2. The second-order valence-corrected chi connectivity index (χ2v) is 10.9. The lowest BCUT2D eigenvalue weighted by molar-refractivity contribution is -0.110. The molecule has 2 aromatic rings. The van der Waals surface area contributed by atoms with Crippen molar-refractivity contribution < 1.29 is 4.79 Å². The van der Waals surface area contributed by atoms with Gasteiger partial charge in [-0.2, -0.15) is 0 Å². The lowest BCUT2D eigenvalue weighted by Gasteiger charge is -2.34. The Bertz CT molecular complexity index is 594. The van der Waals surface area contributed by atoms with Gasteiger partial charge in [-0.3, -0.25) is 0 Å². The number of hydrogen-bond acceptors (Lipinski definition) is 1. The average Bonchev–Trinajstić information content (AvgIpc) is 2.54. The maximum atomic E-state index is 11.9. The van der Waals surface area contributed by atoms with Crippen molar-refractivity contribution in [1.29, 1.82) is 0 Å². The molecule has 0 aromatic heterocycles. The summed E-state index contributed by atoms with van der Waals surface area (Å²) in [5, 5.41) is 1.37. The number of aldehydes is 1. The molecule has 0 fully saturated rings. The smallest absolute Gasteiger partial charge is 0.134 e. The fraction of sp³-hybridized carbons (Fsp3) is 0.211. The molecule has 1 atom stereocenters. The Morgan fingerprint density at radius 1 is 1.00 bits per heavy atom. The van der Waals surface area contributed by atoms with Gasteiger partial charge in [0.1, 0.15) is 6.29 Å². The van der Waals surface area contributed by atoms with Crippen LogP contribution in [-0.4, -0.2) is 14.4 Å². The fourth-order valence-corrected chi connectivity index (χ4v) is 6.11. The summed E-state index contributed by atoms with van der Waals surface area (Å²) in [6.45, 7) is 8.57. The van der Waals surface area contributed by atoms with Crippen LogP contribution in [-0.2, 0) is 10.2 Å². The van der Waals surface area contributed by atoms with Crippen LogP contribution in [0.4, 0.5) is 0 Å². The van der Waals surface area contributed by atoms with E-state index >= 15 is 0 Å². The van der Waals surface area contributed by atoms with E-state index in [1.165, 1.54) is 5.19 Å². The highest BCUT2D eigenvalue weighted by Gasteiger charge is 2.37. The van der Waals surface area contributed by atoms with E-state index in [0.717, 1.165) is 17.9 Å². The zero-order valence-electron chi connectivity index (χ0n) is 12.8. The average molecular weight is 294 g/mol. The van der Waals surface area contributed by atoms with Crippen LogP contribution >= 0.6 is 0 Å². The van der Waals surface area contributed by atoms with E-state index < -0.39 is 13.5 Å². The molecule has 1 unspecified atom stereocenters. The summed E-state index contributed by atoms with van der Waals surface area (Å²) >= 11 is 0. The van der Waals surface area contributed by atoms with E-state index in [1.807, 2.05) is 42.5 Å². The zero-order chi connectivity index (χ0) is 15.3. The van der Waals surface area contributed by atoms with Gasteiger partial charge < -0.3 is 4.79 Å². The Balaban J connectivity index is 2.41. The van der Waals surface area contributed by atoms with Crippen molar-refractivity contribution in [3.63, 3.8) is 0 Å². The standard InChI is InChI=1S/C19H22OSi/c1-4-19(15-20,17-11-7-5-8-12-17)16-21(2,3)18-13-9-6-10-14-18/h4-15H,1,16H2,2-3H3. The Hall–Kier alpha value is -1.93. The minimum atomic E-state index is -1.74. The van der Waals surface area contributed by atoms with Crippen molar-refractivity contribution in [2.45, 2.75) is 24.6 Å². The Morgan fingerprint density at radius 3 is 2.00 bits per heavy atom. The van der Waals surface area contributed by atoms with Crippen LogP contribution in [0.1, 0.15) is 5.56 Å². The molecule has 2 aromatic carbocycles. The van der Waals surface area contributed by atoms with Crippen molar-refractivity contribution >= 4 is 19.5 Å². The van der Waals surface area contributed by atoms with E-state index in [2.05, 4.69) is 43.9 Å². The molecule has 0 aliphatic carbocycles. The molecule has 2 heteroatoms. The van der Waals surface area contributed by atoms with Crippen LogP contribution in [0.3, 0.4) is 0 Å². The molecular formula is C19H22OSi. The summed E-state index contributed by atoms with van der Waals surface area (Å²) in [5.74, 6) is 0. The topological polar surface area (TPSA) is 17.1 Å². The van der Waals surface area contributed by atoms with Gasteiger partial charge in [0.2, 0.25) is 0 Å². The van der Waals surface area contributed by atoms with Crippen LogP contribution < -0.4 is 5.19 Å². The molecule has 0 N–H and O–H groups in total. The Morgan fingerprint density at radius 2 is 1.52 bits per heavy atom. The van der Waals surface area contributed by atoms with E-state index in [1.54, 1.807) is 0 Å². The van der Waals surface area contributed by atoms with Crippen LogP contribution in [0.5, 0.6) is 0 Å². The van der Waals surface area contributed by atoms with E-state index in [9.17, 15) is 4.79 Å². The molecule has 21 heavy (non-hydrogen) atoms. The third kappa shape index (κ3) is 3.22. The summed E-state index contributed by atoms with van der Waals surface area (Å²) < 4.78 is 0. The first-order valence-electron chi connectivity index (χ1n) is 7.25. The molecule has 2 rings (SSSR count). The van der Waals surface area contributed by atoms with Gasteiger partial charge in [-0.1, -0.05) is 85.0 Å². The SMILES string of the molecule is C=CC(C=O)(C[Si](C)(C)c1ccccc1)c1ccccc1. The second kappa shape index (κ2) is 6.23. The summed E-state index contributed by atoms with van der Waals surface area (Å²) in [5.41, 5.74) is 0.443. The first kappa shape index (κ1) is 15.5. The molecule has 1 nitrogen and oxygen atoms in total. The number of carbonyl (C=O) groups excluding carboxylic acids is 1. The molecule has 0 aliphatic rings. The molecule has 0 spiro atoms. The molecule has 0 aliphatic heterocycles. The quantitative estimate of drug-likeness (QED) is 0.448. The number of rotatable bonds is 6. The summed E-state index contributed by atoms with van der Waals surface area (Å²) in [6, 6.07) is 21.3. The highest BCUT2D eigenvalue weighted by molar-refractivity contribution is 6.90. The second-order valence-electron chi connectivity index (χ2n) is 6.16. The molecule has 0 radical (unpaired) electrons. The first-order valence-corrected chi connectivity index (χ1v) is 10.5. The molecular weight excluding hydrogens is 272 g/mol. The van der Waals surface area contributed by atoms with E-state index in [0.29, 0.717) is 0 Å². The van der Waals surface area contributed by atoms with Crippen molar-refractivity contribution in [2.24, 2.45) is 0 Å². The third-order valence-electron chi connectivity index (χ3n) is 4.18. The van der Waals surface area contributed by atoms with Gasteiger partial charge in [-0.15, -0.1) is 6.58 Å². The summed E-state index contributed by atoms with van der Waals surface area (Å²) in [4.78, 5) is 11.9. The Labute approximate surface area is 128 Å². The largest absolute Gasteiger partial charge is 0.302 e. The maximum Gasteiger partial charge on any atom is 0.134 e. The molecule has 0 saturated heterocycles. The van der Waals surface area contributed by atoms with Gasteiger partial charge in [0.25, 0.3) is 0 Å². The number of allylic oxidation sites excluding steroid dienone is 1. The van der Waals surface area contributed by atoms with Gasteiger partial charge >= 0.3 is 0 Å². The molecule has 108 valence electrons. The van der Waals surface area contributed by atoms with Gasteiger partial charge in [-0.05, 0) is 11.6 Å².